The lowest BCUT2D eigenvalue weighted by atomic mass is 10.1. The Hall–Kier alpha value is -1.77. The van der Waals surface area contributed by atoms with E-state index in [2.05, 4.69) is 0 Å². The van der Waals surface area contributed by atoms with Gasteiger partial charge in [-0.1, -0.05) is 12.1 Å². The van der Waals surface area contributed by atoms with Gasteiger partial charge in [0, 0.05) is 11.6 Å². The van der Waals surface area contributed by atoms with Crippen molar-refractivity contribution in [3.05, 3.63) is 35.4 Å². The Morgan fingerprint density at radius 1 is 1.54 bits per heavy atom. The maximum absolute atomic E-state index is 10.4. The Labute approximate surface area is 76.5 Å². The van der Waals surface area contributed by atoms with Crippen LogP contribution in [0.2, 0.25) is 0 Å². The molecular formula is C10H11NO2. The van der Waals surface area contributed by atoms with Gasteiger partial charge in [-0.15, -0.1) is 0 Å². The lowest BCUT2D eigenvalue weighted by molar-refractivity contribution is -0.113. The van der Waals surface area contributed by atoms with E-state index < -0.39 is 5.91 Å². The summed E-state index contributed by atoms with van der Waals surface area (Å²) in [7, 11) is 0. The van der Waals surface area contributed by atoms with E-state index in [0.29, 0.717) is 5.56 Å². The summed E-state index contributed by atoms with van der Waals surface area (Å²) in [4.78, 5) is 10.4. The first kappa shape index (κ1) is 9.32. The summed E-state index contributed by atoms with van der Waals surface area (Å²) in [5, 5.41) is 9.40. The summed E-state index contributed by atoms with van der Waals surface area (Å²) < 4.78 is 0. The zero-order valence-corrected chi connectivity index (χ0v) is 7.32. The van der Waals surface area contributed by atoms with Crippen LogP contribution in [-0.2, 0) is 4.79 Å². The Kier molecular flexibility index (Phi) is 2.69. The van der Waals surface area contributed by atoms with Crippen molar-refractivity contribution < 1.29 is 9.90 Å². The molecule has 0 bridgehead atoms. The van der Waals surface area contributed by atoms with Crippen LogP contribution in [0.15, 0.2) is 24.3 Å². The topological polar surface area (TPSA) is 63.3 Å². The summed E-state index contributed by atoms with van der Waals surface area (Å²) >= 11 is 0. The van der Waals surface area contributed by atoms with Gasteiger partial charge in [-0.25, -0.2) is 0 Å². The fourth-order valence-corrected chi connectivity index (χ4v) is 0.967. The third kappa shape index (κ3) is 2.63. The van der Waals surface area contributed by atoms with Gasteiger partial charge in [-0.2, -0.15) is 0 Å². The van der Waals surface area contributed by atoms with Crippen LogP contribution >= 0.6 is 0 Å². The molecule has 0 saturated carbocycles. The van der Waals surface area contributed by atoms with E-state index in [1.165, 1.54) is 12.2 Å². The molecule has 3 N–H and O–H groups in total. The number of phenols is 1. The molecule has 0 unspecified atom stereocenters. The molecule has 0 aliphatic rings. The second kappa shape index (κ2) is 3.76. The summed E-state index contributed by atoms with van der Waals surface area (Å²) in [6, 6.07) is 5.20. The van der Waals surface area contributed by atoms with Gasteiger partial charge in [0.1, 0.15) is 5.75 Å². The molecule has 1 amide bonds. The highest BCUT2D eigenvalue weighted by atomic mass is 16.3. The third-order valence-electron chi connectivity index (χ3n) is 1.61. The van der Waals surface area contributed by atoms with Gasteiger partial charge in [0.2, 0.25) is 5.91 Å². The first-order valence-corrected chi connectivity index (χ1v) is 3.87. The standard InChI is InChI=1S/C10H11NO2/c1-7-2-3-8(9(12)6-7)4-5-10(11)13/h2-6,12H,1H3,(H2,11,13)/b5-4-. The molecule has 0 spiro atoms. The van der Waals surface area contributed by atoms with Crippen LogP contribution in [0, 0.1) is 6.92 Å². The van der Waals surface area contributed by atoms with E-state index >= 15 is 0 Å². The minimum atomic E-state index is -0.528. The zero-order chi connectivity index (χ0) is 9.84. The van der Waals surface area contributed by atoms with Gasteiger partial charge >= 0.3 is 0 Å². The van der Waals surface area contributed by atoms with Crippen molar-refractivity contribution in [3.63, 3.8) is 0 Å². The van der Waals surface area contributed by atoms with Gasteiger partial charge in [-0.3, -0.25) is 4.79 Å². The SMILES string of the molecule is Cc1ccc(/C=C\C(N)=O)c(O)c1. The molecule has 0 atom stereocenters. The molecule has 1 rings (SSSR count). The molecule has 1 aromatic carbocycles. The van der Waals surface area contributed by atoms with Crippen molar-refractivity contribution in [3.8, 4) is 5.75 Å². The number of carbonyl (C=O) groups excluding carboxylic acids is 1. The molecule has 3 nitrogen and oxygen atoms in total. The molecule has 13 heavy (non-hydrogen) atoms. The molecule has 0 aliphatic heterocycles. The molecule has 0 aromatic heterocycles. The number of phenolic OH excluding ortho intramolecular Hbond substituents is 1. The van der Waals surface area contributed by atoms with Gasteiger partial charge in [0.05, 0.1) is 0 Å². The number of aromatic hydroxyl groups is 1. The van der Waals surface area contributed by atoms with E-state index in [1.54, 1.807) is 12.1 Å². The summed E-state index contributed by atoms with van der Waals surface area (Å²) in [6.45, 7) is 1.88. The lowest BCUT2D eigenvalue weighted by Gasteiger charge is -1.99. The van der Waals surface area contributed by atoms with Crippen LogP contribution in [0.5, 0.6) is 5.75 Å². The third-order valence-corrected chi connectivity index (χ3v) is 1.61. The predicted octanol–water partition coefficient (Wildman–Crippen LogP) is 1.20. The molecule has 0 aliphatic carbocycles. The second-order valence-corrected chi connectivity index (χ2v) is 2.80. The maximum atomic E-state index is 10.4. The maximum Gasteiger partial charge on any atom is 0.241 e. The molecule has 0 saturated heterocycles. The normalized spacial score (nSPS) is 10.5. The summed E-state index contributed by atoms with van der Waals surface area (Å²) in [5.74, 6) is -0.377. The average molecular weight is 177 g/mol. The summed E-state index contributed by atoms with van der Waals surface area (Å²) in [5.41, 5.74) is 6.47. The van der Waals surface area contributed by atoms with Crippen LogP contribution < -0.4 is 5.73 Å². The molecule has 0 heterocycles. The first-order chi connectivity index (χ1) is 6.09. The smallest absolute Gasteiger partial charge is 0.241 e. The minimum Gasteiger partial charge on any atom is -0.507 e. The molecule has 1 aromatic rings. The average Bonchev–Trinajstić information content (AvgIpc) is 2.02. The number of carbonyl (C=O) groups is 1. The van der Waals surface area contributed by atoms with Gasteiger partial charge < -0.3 is 10.8 Å². The Bertz CT molecular complexity index is 356. The molecular weight excluding hydrogens is 166 g/mol. The van der Waals surface area contributed by atoms with Crippen LogP contribution in [0.1, 0.15) is 11.1 Å². The zero-order valence-electron chi connectivity index (χ0n) is 7.32. The fourth-order valence-electron chi connectivity index (χ4n) is 0.967. The van der Waals surface area contributed by atoms with E-state index in [9.17, 15) is 9.90 Å². The van der Waals surface area contributed by atoms with Crippen molar-refractivity contribution in [2.45, 2.75) is 6.92 Å². The number of primary amides is 1. The van der Waals surface area contributed by atoms with E-state index in [-0.39, 0.29) is 5.75 Å². The quantitative estimate of drug-likeness (QED) is 0.666. The second-order valence-electron chi connectivity index (χ2n) is 2.80. The Balaban J connectivity index is 2.96. The van der Waals surface area contributed by atoms with Crippen LogP contribution in [0.3, 0.4) is 0 Å². The number of hydrogen-bond acceptors (Lipinski definition) is 2. The number of nitrogens with two attached hydrogens (primary N) is 1. The van der Waals surface area contributed by atoms with E-state index in [0.717, 1.165) is 5.56 Å². The number of aryl methyl sites for hydroxylation is 1. The van der Waals surface area contributed by atoms with Gasteiger partial charge in [-0.05, 0) is 24.6 Å². The first-order valence-electron chi connectivity index (χ1n) is 3.87. The Morgan fingerprint density at radius 3 is 2.77 bits per heavy atom. The highest BCUT2D eigenvalue weighted by Crippen LogP contribution is 2.19. The molecule has 0 fully saturated rings. The fraction of sp³-hybridized carbons (Fsp3) is 0.100. The minimum absolute atomic E-state index is 0.150. The van der Waals surface area contributed by atoms with Crippen LogP contribution in [0.4, 0.5) is 0 Å². The largest absolute Gasteiger partial charge is 0.507 e. The number of hydrogen-bond donors (Lipinski definition) is 2. The van der Waals surface area contributed by atoms with Crippen molar-refractivity contribution in [1.29, 1.82) is 0 Å². The number of amides is 1. The summed E-state index contributed by atoms with van der Waals surface area (Å²) in [6.07, 6.45) is 2.70. The lowest BCUT2D eigenvalue weighted by Crippen LogP contribution is -2.05. The molecule has 68 valence electrons. The van der Waals surface area contributed by atoms with Crippen molar-refractivity contribution in [2.75, 3.05) is 0 Å². The van der Waals surface area contributed by atoms with E-state index in [4.69, 9.17) is 5.73 Å². The van der Waals surface area contributed by atoms with Crippen LogP contribution in [0.25, 0.3) is 6.08 Å². The van der Waals surface area contributed by atoms with Crippen molar-refractivity contribution in [2.24, 2.45) is 5.73 Å². The van der Waals surface area contributed by atoms with Crippen molar-refractivity contribution in [1.82, 2.24) is 0 Å². The highest BCUT2D eigenvalue weighted by Gasteiger charge is 1.96. The highest BCUT2D eigenvalue weighted by molar-refractivity contribution is 5.90. The van der Waals surface area contributed by atoms with Crippen molar-refractivity contribution >= 4 is 12.0 Å². The van der Waals surface area contributed by atoms with E-state index in [1.807, 2.05) is 13.0 Å². The monoisotopic (exact) mass is 177 g/mol. The molecule has 0 radical (unpaired) electrons. The predicted molar refractivity (Wildman–Crippen MR) is 51.1 cm³/mol. The van der Waals surface area contributed by atoms with Crippen LogP contribution in [-0.4, -0.2) is 11.0 Å². The number of benzene rings is 1. The number of rotatable bonds is 2. The van der Waals surface area contributed by atoms with Gasteiger partial charge in [0.25, 0.3) is 0 Å². The van der Waals surface area contributed by atoms with Gasteiger partial charge in [0.15, 0.2) is 0 Å². The Morgan fingerprint density at radius 2 is 2.23 bits per heavy atom. The molecule has 3 heteroatoms.